The van der Waals surface area contributed by atoms with Crippen molar-refractivity contribution >= 4 is 0 Å². The van der Waals surface area contributed by atoms with Crippen LogP contribution in [0.15, 0.2) is 18.2 Å². The zero-order valence-electron chi connectivity index (χ0n) is 8.50. The van der Waals surface area contributed by atoms with Crippen LogP contribution in [0.25, 0.3) is 0 Å². The third kappa shape index (κ3) is 2.51. The van der Waals surface area contributed by atoms with Gasteiger partial charge >= 0.3 is 0 Å². The van der Waals surface area contributed by atoms with Crippen LogP contribution in [0.2, 0.25) is 0 Å². The van der Waals surface area contributed by atoms with Crippen molar-refractivity contribution in [3.63, 3.8) is 0 Å². The number of aliphatic hydroxyl groups excluding tert-OH is 1. The largest absolute Gasteiger partial charge is 0.480 e. The van der Waals surface area contributed by atoms with Crippen LogP contribution in [0.3, 0.4) is 0 Å². The molecular formula is C12H14O2. The average molecular weight is 190 g/mol. The predicted molar refractivity (Wildman–Crippen MR) is 56.0 cm³/mol. The van der Waals surface area contributed by atoms with Gasteiger partial charge in [0.2, 0.25) is 0 Å². The summed E-state index contributed by atoms with van der Waals surface area (Å²) in [6.07, 6.45) is 0. The maximum absolute atomic E-state index is 9.08. The second-order valence-corrected chi connectivity index (χ2v) is 2.94. The Morgan fingerprint density at radius 1 is 1.43 bits per heavy atom. The zero-order valence-corrected chi connectivity index (χ0v) is 8.50. The molecule has 0 bridgehead atoms. The van der Waals surface area contributed by atoms with Crippen LogP contribution in [0.5, 0.6) is 5.75 Å². The molecule has 0 aromatic heterocycles. The van der Waals surface area contributed by atoms with E-state index < -0.39 is 0 Å². The van der Waals surface area contributed by atoms with Gasteiger partial charge in [0.05, 0.1) is 6.61 Å². The van der Waals surface area contributed by atoms with Crippen LogP contribution in [-0.4, -0.2) is 11.7 Å². The van der Waals surface area contributed by atoms with Gasteiger partial charge in [0.1, 0.15) is 12.4 Å². The fourth-order valence-electron chi connectivity index (χ4n) is 1.22. The summed E-state index contributed by atoms with van der Waals surface area (Å²) in [6.45, 7) is 4.09. The number of rotatable bonds is 3. The average Bonchev–Trinajstić information content (AvgIpc) is 2.20. The SMILES string of the molecule is CC#CCOc1c(C)cccc1CO. The van der Waals surface area contributed by atoms with Crippen molar-refractivity contribution in [1.29, 1.82) is 0 Å². The zero-order chi connectivity index (χ0) is 10.4. The summed E-state index contributed by atoms with van der Waals surface area (Å²) in [5, 5.41) is 9.08. The van der Waals surface area contributed by atoms with Crippen molar-refractivity contribution in [1.82, 2.24) is 0 Å². The van der Waals surface area contributed by atoms with Crippen molar-refractivity contribution < 1.29 is 9.84 Å². The predicted octanol–water partition coefficient (Wildman–Crippen LogP) is 1.89. The molecule has 74 valence electrons. The molecule has 2 heteroatoms. The maximum Gasteiger partial charge on any atom is 0.149 e. The minimum absolute atomic E-state index is 0.00341. The molecule has 0 aliphatic carbocycles. The second-order valence-electron chi connectivity index (χ2n) is 2.94. The number of para-hydroxylation sites is 1. The molecule has 1 aromatic rings. The highest BCUT2D eigenvalue weighted by atomic mass is 16.5. The Labute approximate surface area is 84.5 Å². The first-order chi connectivity index (χ1) is 6.79. The molecule has 0 fully saturated rings. The van der Waals surface area contributed by atoms with Crippen LogP contribution in [0, 0.1) is 18.8 Å². The third-order valence-corrected chi connectivity index (χ3v) is 1.93. The van der Waals surface area contributed by atoms with Crippen molar-refractivity contribution in [3.05, 3.63) is 29.3 Å². The molecular weight excluding hydrogens is 176 g/mol. The van der Waals surface area contributed by atoms with Crippen LogP contribution in [0.4, 0.5) is 0 Å². The molecule has 1 N–H and O–H groups in total. The van der Waals surface area contributed by atoms with Gasteiger partial charge in [0.15, 0.2) is 0 Å². The monoisotopic (exact) mass is 190 g/mol. The molecule has 0 saturated carbocycles. The number of aliphatic hydroxyl groups is 1. The van der Waals surface area contributed by atoms with E-state index in [4.69, 9.17) is 9.84 Å². The van der Waals surface area contributed by atoms with Crippen LogP contribution >= 0.6 is 0 Å². The lowest BCUT2D eigenvalue weighted by Gasteiger charge is -2.10. The third-order valence-electron chi connectivity index (χ3n) is 1.93. The molecule has 1 rings (SSSR count). The maximum atomic E-state index is 9.08. The molecule has 14 heavy (non-hydrogen) atoms. The van der Waals surface area contributed by atoms with Gasteiger partial charge in [-0.15, -0.1) is 5.92 Å². The van der Waals surface area contributed by atoms with Gasteiger partial charge in [-0.3, -0.25) is 0 Å². The highest BCUT2D eigenvalue weighted by Gasteiger charge is 2.04. The Bertz CT molecular complexity index is 358. The Morgan fingerprint density at radius 3 is 2.86 bits per heavy atom. The van der Waals surface area contributed by atoms with E-state index in [0.29, 0.717) is 6.61 Å². The molecule has 0 unspecified atom stereocenters. The first kappa shape index (κ1) is 10.6. The van der Waals surface area contributed by atoms with E-state index in [1.54, 1.807) is 6.92 Å². The quantitative estimate of drug-likeness (QED) is 0.737. The van der Waals surface area contributed by atoms with E-state index in [9.17, 15) is 0 Å². The van der Waals surface area contributed by atoms with E-state index in [1.807, 2.05) is 25.1 Å². The smallest absolute Gasteiger partial charge is 0.149 e. The van der Waals surface area contributed by atoms with E-state index >= 15 is 0 Å². The Morgan fingerprint density at radius 2 is 2.21 bits per heavy atom. The molecule has 0 heterocycles. The number of benzene rings is 1. The van der Waals surface area contributed by atoms with Crippen molar-refractivity contribution in [2.24, 2.45) is 0 Å². The van der Waals surface area contributed by atoms with Crippen molar-refractivity contribution in [3.8, 4) is 17.6 Å². The molecule has 2 nitrogen and oxygen atoms in total. The lowest BCUT2D eigenvalue weighted by molar-refractivity contribution is 0.270. The first-order valence-corrected chi connectivity index (χ1v) is 4.51. The van der Waals surface area contributed by atoms with E-state index in [0.717, 1.165) is 16.9 Å². The summed E-state index contributed by atoms with van der Waals surface area (Å²) in [5.74, 6) is 6.33. The highest BCUT2D eigenvalue weighted by Crippen LogP contribution is 2.22. The van der Waals surface area contributed by atoms with Gasteiger partial charge in [-0.2, -0.15) is 0 Å². The summed E-state index contributed by atoms with van der Waals surface area (Å²) >= 11 is 0. The van der Waals surface area contributed by atoms with Gasteiger partial charge in [-0.25, -0.2) is 0 Å². The summed E-state index contributed by atoms with van der Waals surface area (Å²) in [6, 6.07) is 5.70. The molecule has 0 amide bonds. The number of ether oxygens (including phenoxy) is 1. The van der Waals surface area contributed by atoms with E-state index in [2.05, 4.69) is 11.8 Å². The standard InChI is InChI=1S/C12H14O2/c1-3-4-8-14-12-10(2)6-5-7-11(12)9-13/h5-7,13H,8-9H2,1-2H3. The fourth-order valence-corrected chi connectivity index (χ4v) is 1.22. The molecule has 1 aromatic carbocycles. The first-order valence-electron chi connectivity index (χ1n) is 4.51. The fraction of sp³-hybridized carbons (Fsp3) is 0.333. The lowest BCUT2D eigenvalue weighted by Crippen LogP contribution is -2.00. The normalized spacial score (nSPS) is 9.07. The lowest BCUT2D eigenvalue weighted by atomic mass is 10.1. The summed E-state index contributed by atoms with van der Waals surface area (Å²) in [7, 11) is 0. The van der Waals surface area contributed by atoms with Gasteiger partial charge in [0, 0.05) is 5.56 Å². The van der Waals surface area contributed by atoms with E-state index in [1.165, 1.54) is 0 Å². The number of aryl methyl sites for hydroxylation is 1. The van der Waals surface area contributed by atoms with Crippen LogP contribution < -0.4 is 4.74 Å². The van der Waals surface area contributed by atoms with E-state index in [-0.39, 0.29) is 6.61 Å². The molecule has 0 spiro atoms. The highest BCUT2D eigenvalue weighted by molar-refractivity contribution is 5.40. The Hall–Kier alpha value is -1.46. The second kappa shape index (κ2) is 5.31. The molecule has 0 radical (unpaired) electrons. The topological polar surface area (TPSA) is 29.5 Å². The number of hydrogen-bond donors (Lipinski definition) is 1. The van der Waals surface area contributed by atoms with Crippen LogP contribution in [-0.2, 0) is 6.61 Å². The Balaban J connectivity index is 2.85. The summed E-state index contributed by atoms with van der Waals surface area (Å²) < 4.78 is 5.47. The summed E-state index contributed by atoms with van der Waals surface area (Å²) in [5.41, 5.74) is 1.83. The number of hydrogen-bond acceptors (Lipinski definition) is 2. The van der Waals surface area contributed by atoms with Crippen molar-refractivity contribution in [2.45, 2.75) is 20.5 Å². The molecule has 0 saturated heterocycles. The summed E-state index contributed by atoms with van der Waals surface area (Å²) in [4.78, 5) is 0. The molecule has 0 atom stereocenters. The minimum Gasteiger partial charge on any atom is -0.480 e. The van der Waals surface area contributed by atoms with Gasteiger partial charge in [0.25, 0.3) is 0 Å². The van der Waals surface area contributed by atoms with Gasteiger partial charge < -0.3 is 9.84 Å². The Kier molecular flexibility index (Phi) is 4.03. The van der Waals surface area contributed by atoms with Crippen molar-refractivity contribution in [2.75, 3.05) is 6.61 Å². The van der Waals surface area contributed by atoms with Gasteiger partial charge in [-0.1, -0.05) is 24.1 Å². The minimum atomic E-state index is -0.00341. The van der Waals surface area contributed by atoms with Crippen LogP contribution in [0.1, 0.15) is 18.1 Å². The molecule has 0 aliphatic rings. The van der Waals surface area contributed by atoms with Gasteiger partial charge in [-0.05, 0) is 19.4 Å². The molecule has 0 aliphatic heterocycles.